The van der Waals surface area contributed by atoms with Crippen LogP contribution in [-0.4, -0.2) is 19.7 Å². The number of hydrogen-bond donors (Lipinski definition) is 0. The average molecular weight is 362 g/mol. The Hall–Kier alpha value is -3.25. The highest BCUT2D eigenvalue weighted by Gasteiger charge is 2.12. The molecule has 0 radical (unpaired) electrons. The minimum Gasteiger partial charge on any atom is -0.468 e. The minimum absolute atomic E-state index is 0.257. The number of nitrogens with zero attached hydrogens (tertiary/aromatic N) is 4. The van der Waals surface area contributed by atoms with E-state index >= 15 is 0 Å². The molecule has 136 valence electrons. The van der Waals surface area contributed by atoms with Gasteiger partial charge in [-0.2, -0.15) is 5.10 Å². The van der Waals surface area contributed by atoms with Crippen LogP contribution >= 0.6 is 0 Å². The van der Waals surface area contributed by atoms with Crippen molar-refractivity contribution < 1.29 is 8.81 Å². The molecule has 1 aromatic carbocycles. The molecule has 0 aliphatic heterocycles. The van der Waals surface area contributed by atoms with E-state index in [2.05, 4.69) is 21.0 Å². The maximum atomic E-state index is 13.1. The molecule has 6 heteroatoms. The molecular formula is C21H19FN4O. The lowest BCUT2D eigenvalue weighted by Gasteiger charge is -2.20. The van der Waals surface area contributed by atoms with Crippen molar-refractivity contribution in [2.45, 2.75) is 19.6 Å². The lowest BCUT2D eigenvalue weighted by Crippen LogP contribution is -2.22. The van der Waals surface area contributed by atoms with Gasteiger partial charge < -0.3 is 4.42 Å². The molecule has 0 aliphatic rings. The molecule has 0 amide bonds. The van der Waals surface area contributed by atoms with Gasteiger partial charge in [-0.3, -0.25) is 9.88 Å². The van der Waals surface area contributed by atoms with E-state index in [1.807, 2.05) is 36.8 Å². The maximum absolute atomic E-state index is 13.1. The van der Waals surface area contributed by atoms with Crippen LogP contribution in [0.2, 0.25) is 0 Å². The van der Waals surface area contributed by atoms with Crippen molar-refractivity contribution in [2.24, 2.45) is 0 Å². The second-order valence-corrected chi connectivity index (χ2v) is 6.36. The van der Waals surface area contributed by atoms with Crippen molar-refractivity contribution in [1.82, 2.24) is 19.7 Å². The van der Waals surface area contributed by atoms with Gasteiger partial charge in [0.15, 0.2) is 0 Å². The lowest BCUT2D eigenvalue weighted by molar-refractivity contribution is 0.226. The summed E-state index contributed by atoms with van der Waals surface area (Å²) in [7, 11) is 0. The number of pyridine rings is 1. The van der Waals surface area contributed by atoms with Gasteiger partial charge in [0.25, 0.3) is 0 Å². The molecule has 4 rings (SSSR count). The van der Waals surface area contributed by atoms with Crippen LogP contribution in [-0.2, 0) is 19.6 Å². The molecule has 4 aromatic rings. The summed E-state index contributed by atoms with van der Waals surface area (Å²) >= 11 is 0. The van der Waals surface area contributed by atoms with E-state index in [1.54, 1.807) is 29.3 Å². The molecule has 0 bridgehead atoms. The summed E-state index contributed by atoms with van der Waals surface area (Å²) in [5.74, 6) is 0.650. The van der Waals surface area contributed by atoms with Crippen LogP contribution in [0.15, 0.2) is 84.0 Å². The Bertz CT molecular complexity index is 965. The highest BCUT2D eigenvalue weighted by atomic mass is 19.1. The molecule has 0 aliphatic carbocycles. The van der Waals surface area contributed by atoms with E-state index < -0.39 is 0 Å². The van der Waals surface area contributed by atoms with Crippen molar-refractivity contribution in [3.05, 3.63) is 102 Å². The van der Waals surface area contributed by atoms with Crippen LogP contribution in [0, 0.1) is 5.82 Å². The van der Waals surface area contributed by atoms with E-state index in [9.17, 15) is 4.39 Å². The zero-order valence-corrected chi connectivity index (χ0v) is 14.7. The summed E-state index contributed by atoms with van der Waals surface area (Å²) in [6.45, 7) is 2.14. The minimum atomic E-state index is -0.257. The zero-order chi connectivity index (χ0) is 18.5. The summed E-state index contributed by atoms with van der Waals surface area (Å²) in [5, 5.41) is 4.41. The predicted octanol–water partition coefficient (Wildman–Crippen LogP) is 4.20. The highest BCUT2D eigenvalue weighted by molar-refractivity contribution is 5.31. The first-order valence-electron chi connectivity index (χ1n) is 8.69. The number of furan rings is 1. The van der Waals surface area contributed by atoms with Crippen molar-refractivity contribution >= 4 is 0 Å². The fourth-order valence-corrected chi connectivity index (χ4v) is 2.98. The van der Waals surface area contributed by atoms with Gasteiger partial charge in [-0.15, -0.1) is 0 Å². The van der Waals surface area contributed by atoms with Crippen LogP contribution in [0.25, 0.3) is 5.69 Å². The second-order valence-electron chi connectivity index (χ2n) is 6.36. The fraction of sp³-hybridized carbons (Fsp3) is 0.143. The van der Waals surface area contributed by atoms with E-state index in [1.165, 1.54) is 12.1 Å². The number of hydrogen-bond acceptors (Lipinski definition) is 4. The van der Waals surface area contributed by atoms with Gasteiger partial charge in [-0.25, -0.2) is 9.07 Å². The summed E-state index contributed by atoms with van der Waals surface area (Å²) in [6.07, 6.45) is 9.13. The highest BCUT2D eigenvalue weighted by Crippen LogP contribution is 2.15. The Morgan fingerprint density at radius 1 is 0.926 bits per heavy atom. The lowest BCUT2D eigenvalue weighted by atomic mass is 10.2. The normalized spacial score (nSPS) is 11.2. The molecule has 0 N–H and O–H groups in total. The van der Waals surface area contributed by atoms with Gasteiger partial charge in [0.1, 0.15) is 11.6 Å². The number of halogens is 1. The summed E-state index contributed by atoms with van der Waals surface area (Å²) in [6, 6.07) is 14.1. The molecule has 0 unspecified atom stereocenters. The summed E-state index contributed by atoms with van der Waals surface area (Å²) in [5.41, 5.74) is 3.03. The SMILES string of the molecule is Fc1ccc(-n2cc(CN(Cc3cccnc3)Cc3ccco3)cn2)cc1. The predicted molar refractivity (Wildman–Crippen MR) is 99.4 cm³/mol. The van der Waals surface area contributed by atoms with E-state index in [4.69, 9.17) is 4.42 Å². The second kappa shape index (κ2) is 7.97. The molecule has 0 spiro atoms. The number of benzene rings is 1. The Labute approximate surface area is 156 Å². The van der Waals surface area contributed by atoms with Gasteiger partial charge in [0, 0.05) is 37.2 Å². The zero-order valence-electron chi connectivity index (χ0n) is 14.7. The molecule has 27 heavy (non-hydrogen) atoms. The Balaban J connectivity index is 1.51. The van der Waals surface area contributed by atoms with Gasteiger partial charge in [-0.05, 0) is 48.0 Å². The molecule has 0 saturated heterocycles. The standard InChI is InChI=1S/C21H19FN4O/c22-19-5-7-20(8-6-19)26-15-18(12-24-26)14-25(16-21-4-2-10-27-21)13-17-3-1-9-23-11-17/h1-12,15H,13-14,16H2. The van der Waals surface area contributed by atoms with E-state index in [-0.39, 0.29) is 5.82 Å². The number of aromatic nitrogens is 3. The molecule has 5 nitrogen and oxygen atoms in total. The van der Waals surface area contributed by atoms with Crippen molar-refractivity contribution in [3.8, 4) is 5.69 Å². The van der Waals surface area contributed by atoms with Gasteiger partial charge in [0.2, 0.25) is 0 Å². The van der Waals surface area contributed by atoms with Crippen LogP contribution in [0.4, 0.5) is 4.39 Å². The molecule has 3 heterocycles. The van der Waals surface area contributed by atoms with Gasteiger partial charge >= 0.3 is 0 Å². The van der Waals surface area contributed by atoms with Crippen molar-refractivity contribution in [2.75, 3.05) is 0 Å². The third kappa shape index (κ3) is 4.48. The van der Waals surface area contributed by atoms with Crippen molar-refractivity contribution in [1.29, 1.82) is 0 Å². The molecule has 3 aromatic heterocycles. The topological polar surface area (TPSA) is 47.1 Å². The molecule has 0 fully saturated rings. The maximum Gasteiger partial charge on any atom is 0.123 e. The Morgan fingerprint density at radius 3 is 2.52 bits per heavy atom. The Morgan fingerprint density at radius 2 is 1.78 bits per heavy atom. The molecule has 0 saturated carbocycles. The van der Waals surface area contributed by atoms with Crippen LogP contribution in [0.3, 0.4) is 0 Å². The first kappa shape index (κ1) is 17.2. The van der Waals surface area contributed by atoms with Gasteiger partial charge in [-0.1, -0.05) is 6.07 Å². The number of rotatable bonds is 7. The third-order valence-electron chi connectivity index (χ3n) is 4.22. The van der Waals surface area contributed by atoms with Gasteiger partial charge in [0.05, 0.1) is 24.7 Å². The smallest absolute Gasteiger partial charge is 0.123 e. The van der Waals surface area contributed by atoms with Crippen molar-refractivity contribution in [3.63, 3.8) is 0 Å². The molecular weight excluding hydrogens is 343 g/mol. The van der Waals surface area contributed by atoms with Crippen LogP contribution in [0.1, 0.15) is 16.9 Å². The Kier molecular flexibility index (Phi) is 5.07. The summed E-state index contributed by atoms with van der Waals surface area (Å²) < 4.78 is 20.4. The first-order chi connectivity index (χ1) is 13.3. The quantitative estimate of drug-likeness (QED) is 0.494. The van der Waals surface area contributed by atoms with E-state index in [0.717, 1.165) is 29.1 Å². The van der Waals surface area contributed by atoms with E-state index in [0.29, 0.717) is 13.1 Å². The monoisotopic (exact) mass is 362 g/mol. The summed E-state index contributed by atoms with van der Waals surface area (Å²) in [4.78, 5) is 6.46. The van der Waals surface area contributed by atoms with Crippen LogP contribution in [0.5, 0.6) is 0 Å². The van der Waals surface area contributed by atoms with Crippen LogP contribution < -0.4 is 0 Å². The third-order valence-corrected chi connectivity index (χ3v) is 4.22. The molecule has 0 atom stereocenters. The average Bonchev–Trinajstić information content (AvgIpc) is 3.35. The first-order valence-corrected chi connectivity index (χ1v) is 8.69. The largest absolute Gasteiger partial charge is 0.468 e. The fourth-order valence-electron chi connectivity index (χ4n) is 2.98.